The predicted octanol–water partition coefficient (Wildman–Crippen LogP) is 0.458. The van der Waals surface area contributed by atoms with Gasteiger partial charge in [-0.1, -0.05) is 5.16 Å². The fourth-order valence-corrected chi connectivity index (χ4v) is 2.10. The van der Waals surface area contributed by atoms with Crippen LogP contribution in [0.3, 0.4) is 0 Å². The van der Waals surface area contributed by atoms with Gasteiger partial charge < -0.3 is 24.1 Å². The van der Waals surface area contributed by atoms with Gasteiger partial charge in [0.05, 0.1) is 13.2 Å². The van der Waals surface area contributed by atoms with Crippen molar-refractivity contribution in [3.8, 4) is 0 Å². The molecule has 0 saturated carbocycles. The highest BCUT2D eigenvalue weighted by Gasteiger charge is 2.39. The molecular formula is C12H21N3O4. The van der Waals surface area contributed by atoms with Crippen molar-refractivity contribution in [1.82, 2.24) is 15.5 Å². The van der Waals surface area contributed by atoms with Crippen LogP contribution in [0.2, 0.25) is 0 Å². The molecule has 1 aliphatic heterocycles. The van der Waals surface area contributed by atoms with E-state index in [1.54, 1.807) is 14.2 Å². The monoisotopic (exact) mass is 271 g/mol. The quantitative estimate of drug-likeness (QED) is 0.722. The maximum atomic E-state index is 5.62. The minimum atomic E-state index is -0.466. The lowest BCUT2D eigenvalue weighted by atomic mass is 9.93. The van der Waals surface area contributed by atoms with Gasteiger partial charge in [0.25, 0.3) is 0 Å². The SMILES string of the molecule is COCCNCc1nc(C2(OC)CCOCC2)no1. The third-order valence-electron chi connectivity index (χ3n) is 3.33. The first-order chi connectivity index (χ1) is 9.30. The smallest absolute Gasteiger partial charge is 0.240 e. The summed E-state index contributed by atoms with van der Waals surface area (Å²) in [5.74, 6) is 1.18. The topological polar surface area (TPSA) is 78.6 Å². The highest BCUT2D eigenvalue weighted by Crippen LogP contribution is 2.33. The van der Waals surface area contributed by atoms with Crippen LogP contribution in [0.25, 0.3) is 0 Å². The molecular weight excluding hydrogens is 250 g/mol. The molecule has 7 nitrogen and oxygen atoms in total. The summed E-state index contributed by atoms with van der Waals surface area (Å²) in [6, 6.07) is 0. The molecule has 7 heteroatoms. The molecule has 108 valence electrons. The summed E-state index contributed by atoms with van der Waals surface area (Å²) in [4.78, 5) is 4.41. The van der Waals surface area contributed by atoms with E-state index < -0.39 is 5.60 Å². The van der Waals surface area contributed by atoms with E-state index in [2.05, 4.69) is 15.5 Å². The third-order valence-corrected chi connectivity index (χ3v) is 3.33. The van der Waals surface area contributed by atoms with Gasteiger partial charge in [-0.3, -0.25) is 0 Å². The minimum Gasteiger partial charge on any atom is -0.383 e. The van der Waals surface area contributed by atoms with Crippen LogP contribution in [0.4, 0.5) is 0 Å². The number of ether oxygens (including phenoxy) is 3. The molecule has 1 saturated heterocycles. The van der Waals surface area contributed by atoms with E-state index in [9.17, 15) is 0 Å². The molecule has 1 N–H and O–H groups in total. The second kappa shape index (κ2) is 6.95. The zero-order valence-electron chi connectivity index (χ0n) is 11.5. The van der Waals surface area contributed by atoms with Gasteiger partial charge in [0.15, 0.2) is 0 Å². The van der Waals surface area contributed by atoms with E-state index in [-0.39, 0.29) is 0 Å². The molecule has 19 heavy (non-hydrogen) atoms. The maximum Gasteiger partial charge on any atom is 0.240 e. The van der Waals surface area contributed by atoms with Crippen molar-refractivity contribution in [1.29, 1.82) is 0 Å². The van der Waals surface area contributed by atoms with Crippen molar-refractivity contribution < 1.29 is 18.7 Å². The Morgan fingerprint density at radius 1 is 1.32 bits per heavy atom. The van der Waals surface area contributed by atoms with Crippen molar-refractivity contribution in [2.24, 2.45) is 0 Å². The zero-order chi connectivity index (χ0) is 13.6. The van der Waals surface area contributed by atoms with Crippen molar-refractivity contribution in [3.63, 3.8) is 0 Å². The Bertz CT molecular complexity index is 377. The van der Waals surface area contributed by atoms with E-state index in [0.717, 1.165) is 19.4 Å². The number of hydrogen-bond donors (Lipinski definition) is 1. The minimum absolute atomic E-state index is 0.466. The van der Waals surface area contributed by atoms with Crippen LogP contribution in [0.1, 0.15) is 24.6 Å². The average Bonchev–Trinajstić information content (AvgIpc) is 2.94. The summed E-state index contributed by atoms with van der Waals surface area (Å²) in [6.07, 6.45) is 1.50. The van der Waals surface area contributed by atoms with Gasteiger partial charge in [0.2, 0.25) is 11.7 Å². The molecule has 0 aliphatic carbocycles. The molecule has 0 amide bonds. The number of nitrogens with one attached hydrogen (secondary N) is 1. The molecule has 0 bridgehead atoms. The van der Waals surface area contributed by atoms with Crippen LogP contribution < -0.4 is 5.32 Å². The maximum absolute atomic E-state index is 5.62. The van der Waals surface area contributed by atoms with Crippen molar-refractivity contribution >= 4 is 0 Å². The highest BCUT2D eigenvalue weighted by atomic mass is 16.5. The standard InChI is InChI=1S/C12H21N3O4/c1-16-8-5-13-9-10-14-11(15-19-10)12(17-2)3-6-18-7-4-12/h13H,3-9H2,1-2H3. The molecule has 0 radical (unpaired) electrons. The summed E-state index contributed by atoms with van der Waals surface area (Å²) >= 11 is 0. The number of aromatic nitrogens is 2. The van der Waals surface area contributed by atoms with Gasteiger partial charge in [-0.05, 0) is 0 Å². The zero-order valence-corrected chi connectivity index (χ0v) is 11.5. The average molecular weight is 271 g/mol. The molecule has 0 atom stereocenters. The van der Waals surface area contributed by atoms with Crippen LogP contribution in [0, 0.1) is 0 Å². The molecule has 1 aliphatic rings. The second-order valence-electron chi connectivity index (χ2n) is 4.49. The van der Waals surface area contributed by atoms with Crippen LogP contribution in [-0.2, 0) is 26.4 Å². The summed E-state index contributed by atoms with van der Waals surface area (Å²) in [6.45, 7) is 3.25. The molecule has 1 aromatic rings. The Kier molecular flexibility index (Phi) is 5.26. The van der Waals surface area contributed by atoms with E-state index in [1.807, 2.05) is 0 Å². The number of methoxy groups -OCH3 is 2. The Morgan fingerprint density at radius 2 is 2.11 bits per heavy atom. The fourth-order valence-electron chi connectivity index (χ4n) is 2.10. The first-order valence-corrected chi connectivity index (χ1v) is 6.46. The van der Waals surface area contributed by atoms with Crippen LogP contribution in [-0.4, -0.2) is 50.7 Å². The largest absolute Gasteiger partial charge is 0.383 e. The van der Waals surface area contributed by atoms with E-state index in [4.69, 9.17) is 18.7 Å². The van der Waals surface area contributed by atoms with Crippen molar-refractivity contribution in [3.05, 3.63) is 11.7 Å². The molecule has 0 unspecified atom stereocenters. The lowest BCUT2D eigenvalue weighted by Crippen LogP contribution is -2.36. The van der Waals surface area contributed by atoms with Gasteiger partial charge in [0, 0.05) is 46.8 Å². The second-order valence-corrected chi connectivity index (χ2v) is 4.49. The molecule has 2 rings (SSSR count). The third kappa shape index (κ3) is 3.50. The fraction of sp³-hybridized carbons (Fsp3) is 0.833. The molecule has 0 spiro atoms. The van der Waals surface area contributed by atoms with E-state index in [1.165, 1.54) is 0 Å². The van der Waals surface area contributed by atoms with Gasteiger partial charge in [0.1, 0.15) is 5.60 Å². The summed E-state index contributed by atoms with van der Waals surface area (Å²) in [7, 11) is 3.35. The van der Waals surface area contributed by atoms with Gasteiger partial charge in [-0.15, -0.1) is 0 Å². The number of hydrogen-bond acceptors (Lipinski definition) is 7. The summed E-state index contributed by atoms with van der Waals surface area (Å²) in [5.41, 5.74) is -0.466. The molecule has 2 heterocycles. The molecule has 1 fully saturated rings. The lowest BCUT2D eigenvalue weighted by Gasteiger charge is -2.32. The molecule has 1 aromatic heterocycles. The normalized spacial score (nSPS) is 18.6. The van der Waals surface area contributed by atoms with Crippen molar-refractivity contribution in [2.45, 2.75) is 25.0 Å². The Morgan fingerprint density at radius 3 is 2.79 bits per heavy atom. The highest BCUT2D eigenvalue weighted by molar-refractivity contribution is 5.03. The van der Waals surface area contributed by atoms with Gasteiger partial charge >= 0.3 is 0 Å². The Balaban J connectivity index is 1.94. The summed E-state index contributed by atoms with van der Waals surface area (Å²) < 4.78 is 21.2. The predicted molar refractivity (Wildman–Crippen MR) is 66.6 cm³/mol. The van der Waals surface area contributed by atoms with Crippen molar-refractivity contribution in [2.75, 3.05) is 40.6 Å². The molecule has 0 aromatic carbocycles. The first kappa shape index (κ1) is 14.4. The van der Waals surface area contributed by atoms with Crippen LogP contribution in [0.15, 0.2) is 4.52 Å². The van der Waals surface area contributed by atoms with Crippen LogP contribution in [0.5, 0.6) is 0 Å². The lowest BCUT2D eigenvalue weighted by molar-refractivity contribution is -0.101. The van der Waals surface area contributed by atoms with E-state index >= 15 is 0 Å². The van der Waals surface area contributed by atoms with E-state index in [0.29, 0.717) is 38.1 Å². The number of rotatable bonds is 7. The number of nitrogens with zero attached hydrogens (tertiary/aromatic N) is 2. The summed E-state index contributed by atoms with van der Waals surface area (Å²) in [5, 5.41) is 7.21. The van der Waals surface area contributed by atoms with Gasteiger partial charge in [-0.25, -0.2) is 0 Å². The van der Waals surface area contributed by atoms with Crippen LogP contribution >= 0.6 is 0 Å². The Labute approximate surface area is 112 Å². The first-order valence-electron chi connectivity index (χ1n) is 6.46. The Hall–Kier alpha value is -1.02. The van der Waals surface area contributed by atoms with Gasteiger partial charge in [-0.2, -0.15) is 4.98 Å².